The molecule has 0 spiro atoms. The molecule has 4 amide bonds. The number of nitrogens with zero attached hydrogens (tertiary/aromatic N) is 2. The van der Waals surface area contributed by atoms with Gasteiger partial charge in [-0.3, -0.25) is 29.4 Å². The monoisotopic (exact) mass is 684 g/mol. The van der Waals surface area contributed by atoms with Gasteiger partial charge in [0.05, 0.1) is 24.3 Å². The van der Waals surface area contributed by atoms with E-state index in [1.165, 1.54) is 7.11 Å². The van der Waals surface area contributed by atoms with Crippen LogP contribution in [0.25, 0.3) is 10.8 Å². The summed E-state index contributed by atoms with van der Waals surface area (Å²) in [5.74, 6) is 5.01. The van der Waals surface area contributed by atoms with Crippen molar-refractivity contribution in [2.75, 3.05) is 32.1 Å². The number of pyridine rings is 1. The molecule has 3 aliphatic heterocycles. The van der Waals surface area contributed by atoms with Crippen molar-refractivity contribution < 1.29 is 33.0 Å². The molecule has 3 saturated heterocycles. The summed E-state index contributed by atoms with van der Waals surface area (Å²) in [7, 11) is 1.44. The van der Waals surface area contributed by atoms with E-state index in [0.29, 0.717) is 35.6 Å². The van der Waals surface area contributed by atoms with Gasteiger partial charge in [-0.25, -0.2) is 9.37 Å². The first-order valence-electron chi connectivity index (χ1n) is 16.9. The highest BCUT2D eigenvalue weighted by atomic mass is 19.1. The van der Waals surface area contributed by atoms with Crippen LogP contribution in [-0.4, -0.2) is 78.6 Å². The number of rotatable bonds is 10. The summed E-state index contributed by atoms with van der Waals surface area (Å²) < 4.78 is 25.9. The lowest BCUT2D eigenvalue weighted by Gasteiger charge is -2.30. The molecule has 5 N–H and O–H groups in total. The van der Waals surface area contributed by atoms with Gasteiger partial charge >= 0.3 is 0 Å². The maximum atomic E-state index is 14.4. The van der Waals surface area contributed by atoms with E-state index in [-0.39, 0.29) is 41.5 Å². The third kappa shape index (κ3) is 7.65. The lowest BCUT2D eigenvalue weighted by molar-refractivity contribution is -0.133. The number of imide groups is 1. The average Bonchev–Trinajstić information content (AvgIpc) is 3.39. The van der Waals surface area contributed by atoms with Crippen LogP contribution < -0.4 is 31.2 Å². The molecule has 0 bridgehead atoms. The van der Waals surface area contributed by atoms with Crippen LogP contribution in [0.3, 0.4) is 0 Å². The molecule has 50 heavy (non-hydrogen) atoms. The van der Waals surface area contributed by atoms with Crippen LogP contribution in [0.5, 0.6) is 11.6 Å². The second-order valence-corrected chi connectivity index (χ2v) is 13.0. The third-order valence-electron chi connectivity index (χ3n) is 9.69. The molecule has 3 aromatic rings. The van der Waals surface area contributed by atoms with Crippen LogP contribution in [0.1, 0.15) is 60.5 Å². The second kappa shape index (κ2) is 15.1. The van der Waals surface area contributed by atoms with Crippen molar-refractivity contribution in [3.05, 3.63) is 59.3 Å². The molecule has 3 aliphatic rings. The maximum absolute atomic E-state index is 14.4. The minimum atomic E-state index is -1.58. The molecule has 262 valence electrons. The topological polar surface area (TPSA) is 165 Å². The number of nitrogens with one attached hydrogen (secondary N) is 3. The van der Waals surface area contributed by atoms with Gasteiger partial charge in [0.25, 0.3) is 11.8 Å². The van der Waals surface area contributed by atoms with Crippen LogP contribution >= 0.6 is 0 Å². The Morgan fingerprint density at radius 3 is 2.64 bits per heavy atom. The van der Waals surface area contributed by atoms with Gasteiger partial charge in [-0.05, 0) is 68.6 Å². The first-order valence-corrected chi connectivity index (χ1v) is 16.9. The highest BCUT2D eigenvalue weighted by molar-refractivity contribution is 6.03. The number of piperidine rings is 2. The van der Waals surface area contributed by atoms with E-state index < -0.39 is 36.0 Å². The smallest absolute Gasteiger partial charge is 0.255 e. The summed E-state index contributed by atoms with van der Waals surface area (Å²) in [6.07, 6.45) is 3.02. The highest BCUT2D eigenvalue weighted by Crippen LogP contribution is 2.34. The van der Waals surface area contributed by atoms with Gasteiger partial charge in [0.1, 0.15) is 18.4 Å². The number of halogens is 1. The van der Waals surface area contributed by atoms with Crippen LogP contribution in [0.2, 0.25) is 0 Å². The van der Waals surface area contributed by atoms with E-state index in [1.807, 2.05) is 25.1 Å². The van der Waals surface area contributed by atoms with Gasteiger partial charge in [0.15, 0.2) is 6.17 Å². The summed E-state index contributed by atoms with van der Waals surface area (Å²) in [6.45, 7) is 4.32. The zero-order valence-corrected chi connectivity index (χ0v) is 28.1. The lowest BCUT2D eigenvalue weighted by Crippen LogP contribution is -2.47. The number of carbonyl (C=O) groups excluding carboxylic acids is 4. The number of amides is 4. The minimum Gasteiger partial charge on any atom is -0.496 e. The largest absolute Gasteiger partial charge is 0.496 e. The summed E-state index contributed by atoms with van der Waals surface area (Å²) in [5.41, 5.74) is 8.44. The predicted octanol–water partition coefficient (Wildman–Crippen LogP) is 3.06. The van der Waals surface area contributed by atoms with E-state index in [9.17, 15) is 23.6 Å². The van der Waals surface area contributed by atoms with E-state index in [0.717, 1.165) is 43.7 Å². The van der Waals surface area contributed by atoms with Crippen LogP contribution in [0, 0.1) is 23.7 Å². The fourth-order valence-corrected chi connectivity index (χ4v) is 6.88. The van der Waals surface area contributed by atoms with Crippen molar-refractivity contribution in [2.45, 2.75) is 63.8 Å². The Balaban J connectivity index is 1.13. The van der Waals surface area contributed by atoms with E-state index in [4.69, 9.17) is 15.2 Å². The Hall–Kier alpha value is -5.22. The minimum absolute atomic E-state index is 0.0247. The quantitative estimate of drug-likeness (QED) is 0.186. The number of alkyl halides is 1. The van der Waals surface area contributed by atoms with Gasteiger partial charge in [0.2, 0.25) is 17.7 Å². The highest BCUT2D eigenvalue weighted by Gasteiger charge is 2.42. The Morgan fingerprint density at radius 2 is 1.92 bits per heavy atom. The zero-order chi connectivity index (χ0) is 35.4. The summed E-state index contributed by atoms with van der Waals surface area (Å²) in [4.78, 5) is 54.8. The number of benzene rings is 2. The van der Waals surface area contributed by atoms with Crippen molar-refractivity contribution in [3.8, 4) is 23.5 Å². The first-order chi connectivity index (χ1) is 24.1. The molecule has 1 unspecified atom stereocenters. The van der Waals surface area contributed by atoms with Crippen LogP contribution in [0.4, 0.5) is 10.1 Å². The van der Waals surface area contributed by atoms with E-state index in [2.05, 4.69) is 43.7 Å². The number of ether oxygens (including phenoxy) is 2. The van der Waals surface area contributed by atoms with Gasteiger partial charge < -0.3 is 25.8 Å². The SMILES string of the molecule is CC[C@@H]1[C@H](F)C(=O)N[C@@H]1COc1ncc(C#CC2CCN(Cc3cccc(NC4CCC(=O)NC4=O)c3)CC2)c2cc(C(N)=O)c(OC)cc12. The van der Waals surface area contributed by atoms with Gasteiger partial charge in [0, 0.05) is 47.5 Å². The summed E-state index contributed by atoms with van der Waals surface area (Å²) in [5, 5.41) is 9.47. The van der Waals surface area contributed by atoms with E-state index >= 15 is 0 Å². The number of carbonyl (C=O) groups is 4. The molecule has 4 atom stereocenters. The number of methoxy groups -OCH3 is 1. The normalized spacial score (nSPS) is 22.7. The van der Waals surface area contributed by atoms with Crippen LogP contribution in [-0.2, 0) is 20.9 Å². The Morgan fingerprint density at radius 1 is 1.12 bits per heavy atom. The molecule has 0 aliphatic carbocycles. The molecule has 3 fully saturated rings. The molecule has 13 heteroatoms. The second-order valence-electron chi connectivity index (χ2n) is 13.0. The molecule has 1 aromatic heterocycles. The Bertz CT molecular complexity index is 1870. The first kappa shape index (κ1) is 34.6. The number of anilines is 1. The van der Waals surface area contributed by atoms with Crippen molar-refractivity contribution in [3.63, 3.8) is 0 Å². The fraction of sp³-hybridized carbons (Fsp3) is 0.432. The molecule has 6 rings (SSSR count). The molecular formula is C37H41FN6O6. The number of likely N-dealkylation sites (tertiary alicyclic amines) is 1. The molecule has 0 saturated carbocycles. The lowest BCUT2D eigenvalue weighted by atomic mass is 9.96. The molecule has 12 nitrogen and oxygen atoms in total. The van der Waals surface area contributed by atoms with Crippen molar-refractivity contribution in [1.82, 2.24) is 20.5 Å². The Kier molecular flexibility index (Phi) is 10.5. The van der Waals surface area contributed by atoms with E-state index in [1.54, 1.807) is 18.3 Å². The number of nitrogens with two attached hydrogens (primary N) is 1. The standard InChI is InChI=1S/C37H41FN6O6/c1-3-25-30(42-36(48)33(25)38)20-50-37-27-17-31(49-2)28(34(39)46)16-26(27)23(18-40-37)8-7-21-11-13-44(14-12-21)19-22-5-4-6-24(15-22)41-29-9-10-32(45)43-35(29)47/h4-6,15-18,21,25,29-30,33,41H,3,9-14,19-20H2,1-2H3,(H2,39,46)(H,42,48)(H,43,45,47)/t25-,29?,30+,33-/m0/s1. The van der Waals surface area contributed by atoms with Gasteiger partial charge in [-0.2, -0.15) is 0 Å². The average molecular weight is 685 g/mol. The van der Waals surface area contributed by atoms with Gasteiger partial charge in [-0.15, -0.1) is 0 Å². The summed E-state index contributed by atoms with van der Waals surface area (Å²) >= 11 is 0. The number of primary amides is 1. The fourth-order valence-electron chi connectivity index (χ4n) is 6.88. The van der Waals surface area contributed by atoms with Crippen LogP contribution in [0.15, 0.2) is 42.6 Å². The summed E-state index contributed by atoms with van der Waals surface area (Å²) in [6, 6.07) is 10.3. The molecule has 2 aromatic carbocycles. The maximum Gasteiger partial charge on any atom is 0.255 e. The molecule has 4 heterocycles. The zero-order valence-electron chi connectivity index (χ0n) is 28.1. The third-order valence-corrected chi connectivity index (χ3v) is 9.69. The number of hydrogen-bond donors (Lipinski definition) is 4. The Labute approximate surface area is 289 Å². The molecule has 0 radical (unpaired) electrons. The predicted molar refractivity (Wildman–Crippen MR) is 184 cm³/mol. The molecular weight excluding hydrogens is 643 g/mol. The van der Waals surface area contributed by atoms with Crippen molar-refractivity contribution >= 4 is 40.1 Å². The van der Waals surface area contributed by atoms with Crippen molar-refractivity contribution in [2.24, 2.45) is 17.6 Å². The number of aromatic nitrogens is 1. The van der Waals surface area contributed by atoms with Gasteiger partial charge in [-0.1, -0.05) is 30.9 Å². The number of fused-ring (bicyclic) bond motifs is 1. The number of hydrogen-bond acceptors (Lipinski definition) is 9. The van der Waals surface area contributed by atoms with Crippen molar-refractivity contribution in [1.29, 1.82) is 0 Å².